The SMILES string of the molecule is CCOc1cc(NC(=O)[C@@H]2CCOCC[C@@H]2O)ccc1S(=O)(=O)Nc1cccc(OC(F)(F)F)c1. The fourth-order valence-corrected chi connectivity index (χ4v) is 4.67. The van der Waals surface area contributed by atoms with Crippen LogP contribution in [0.25, 0.3) is 0 Å². The maximum atomic E-state index is 13.0. The van der Waals surface area contributed by atoms with Gasteiger partial charge in [0.05, 0.1) is 24.3 Å². The number of alkyl halides is 3. The van der Waals surface area contributed by atoms with E-state index in [2.05, 4.69) is 14.8 Å². The van der Waals surface area contributed by atoms with Crippen LogP contribution in [0.4, 0.5) is 24.5 Å². The molecule has 0 saturated carbocycles. The highest BCUT2D eigenvalue weighted by Crippen LogP contribution is 2.31. The first-order valence-corrected chi connectivity index (χ1v) is 12.2. The Bertz CT molecular complexity index is 1140. The summed E-state index contributed by atoms with van der Waals surface area (Å²) in [7, 11) is -4.29. The van der Waals surface area contributed by atoms with E-state index in [0.717, 1.165) is 12.1 Å². The molecule has 1 amide bonds. The summed E-state index contributed by atoms with van der Waals surface area (Å²) in [5, 5.41) is 12.8. The molecule has 0 unspecified atom stereocenters. The van der Waals surface area contributed by atoms with Crippen molar-refractivity contribution < 1.29 is 45.7 Å². The van der Waals surface area contributed by atoms with Crippen molar-refractivity contribution in [1.29, 1.82) is 0 Å². The summed E-state index contributed by atoms with van der Waals surface area (Å²) in [6.07, 6.45) is -5.15. The third-order valence-electron chi connectivity index (χ3n) is 5.05. The van der Waals surface area contributed by atoms with E-state index < -0.39 is 40.1 Å². The number of anilines is 2. The van der Waals surface area contributed by atoms with E-state index in [0.29, 0.717) is 26.1 Å². The van der Waals surface area contributed by atoms with E-state index in [1.807, 2.05) is 0 Å². The quantitative estimate of drug-likeness (QED) is 0.489. The van der Waals surface area contributed by atoms with Crippen molar-refractivity contribution in [2.45, 2.75) is 37.1 Å². The topological polar surface area (TPSA) is 123 Å². The van der Waals surface area contributed by atoms with Crippen molar-refractivity contribution in [3.8, 4) is 11.5 Å². The van der Waals surface area contributed by atoms with Gasteiger partial charge in [-0.2, -0.15) is 0 Å². The van der Waals surface area contributed by atoms with E-state index in [9.17, 15) is 31.5 Å². The molecule has 3 N–H and O–H groups in total. The summed E-state index contributed by atoms with van der Waals surface area (Å²) in [6, 6.07) is 8.25. The normalized spacial score (nSPS) is 18.9. The van der Waals surface area contributed by atoms with E-state index in [1.54, 1.807) is 6.92 Å². The molecule has 13 heteroatoms. The van der Waals surface area contributed by atoms with Gasteiger partial charge < -0.3 is 24.6 Å². The third-order valence-corrected chi connectivity index (χ3v) is 6.47. The van der Waals surface area contributed by atoms with E-state index >= 15 is 0 Å². The molecule has 1 aliphatic rings. The van der Waals surface area contributed by atoms with Gasteiger partial charge in [0, 0.05) is 31.0 Å². The first-order chi connectivity index (χ1) is 16.5. The van der Waals surface area contributed by atoms with Crippen LogP contribution in [0.15, 0.2) is 47.4 Å². The van der Waals surface area contributed by atoms with Crippen molar-refractivity contribution >= 4 is 27.3 Å². The number of carbonyl (C=O) groups excluding carboxylic acids is 1. The molecule has 0 aliphatic carbocycles. The lowest BCUT2D eigenvalue weighted by Crippen LogP contribution is -2.32. The molecule has 0 aromatic heterocycles. The molecule has 9 nitrogen and oxygen atoms in total. The Hall–Kier alpha value is -3.03. The lowest BCUT2D eigenvalue weighted by Gasteiger charge is -2.20. The average molecular weight is 519 g/mol. The van der Waals surface area contributed by atoms with Gasteiger partial charge in [0.2, 0.25) is 5.91 Å². The van der Waals surface area contributed by atoms with Crippen LogP contribution in [-0.2, 0) is 19.6 Å². The van der Waals surface area contributed by atoms with Crippen LogP contribution >= 0.6 is 0 Å². The van der Waals surface area contributed by atoms with Crippen molar-refractivity contribution in [3.63, 3.8) is 0 Å². The van der Waals surface area contributed by atoms with Gasteiger partial charge in [-0.1, -0.05) is 6.07 Å². The molecule has 2 atom stereocenters. The highest BCUT2D eigenvalue weighted by Gasteiger charge is 2.31. The number of benzene rings is 2. The second-order valence-electron chi connectivity index (χ2n) is 7.63. The smallest absolute Gasteiger partial charge is 0.492 e. The zero-order valence-electron chi connectivity index (χ0n) is 18.7. The molecule has 0 spiro atoms. The number of hydrogen-bond donors (Lipinski definition) is 3. The molecule has 0 radical (unpaired) electrons. The van der Waals surface area contributed by atoms with Gasteiger partial charge in [0.25, 0.3) is 10.0 Å². The fraction of sp³-hybridized carbons (Fsp3) is 0.409. The van der Waals surface area contributed by atoms with Crippen LogP contribution in [0, 0.1) is 5.92 Å². The molecule has 35 heavy (non-hydrogen) atoms. The molecule has 2 aromatic rings. The lowest BCUT2D eigenvalue weighted by atomic mass is 9.96. The maximum Gasteiger partial charge on any atom is 0.573 e. The number of hydrogen-bond acceptors (Lipinski definition) is 7. The summed E-state index contributed by atoms with van der Waals surface area (Å²) in [4.78, 5) is 12.4. The highest BCUT2D eigenvalue weighted by atomic mass is 32.2. The predicted octanol–water partition coefficient (Wildman–Crippen LogP) is 3.51. The molecule has 3 rings (SSSR count). The minimum Gasteiger partial charge on any atom is -0.492 e. The van der Waals surface area contributed by atoms with E-state index in [4.69, 9.17) is 9.47 Å². The highest BCUT2D eigenvalue weighted by molar-refractivity contribution is 7.92. The number of aliphatic hydroxyl groups excluding tert-OH is 1. The number of rotatable bonds is 8. The van der Waals surface area contributed by atoms with Gasteiger partial charge in [-0.25, -0.2) is 8.42 Å². The number of carbonyl (C=O) groups is 1. The minimum absolute atomic E-state index is 0.0785. The molecule has 192 valence electrons. The zero-order chi connectivity index (χ0) is 25.6. The number of nitrogens with one attached hydrogen (secondary N) is 2. The molecule has 2 aromatic carbocycles. The first kappa shape index (κ1) is 26.6. The van der Waals surface area contributed by atoms with Gasteiger partial charge in [-0.15, -0.1) is 13.2 Å². The molecule has 1 saturated heterocycles. The summed E-state index contributed by atoms with van der Waals surface area (Å²) in [6.45, 7) is 2.42. The summed E-state index contributed by atoms with van der Waals surface area (Å²) < 4.78 is 80.1. The molecule has 1 fully saturated rings. The molecule has 1 aliphatic heterocycles. The largest absolute Gasteiger partial charge is 0.573 e. The Labute approximate surface area is 200 Å². The Morgan fingerprint density at radius 2 is 1.89 bits per heavy atom. The van der Waals surface area contributed by atoms with Crippen LogP contribution in [0.1, 0.15) is 19.8 Å². The summed E-state index contributed by atoms with van der Waals surface area (Å²) >= 11 is 0. The van der Waals surface area contributed by atoms with Crippen molar-refractivity contribution in [3.05, 3.63) is 42.5 Å². The monoisotopic (exact) mass is 518 g/mol. The van der Waals surface area contributed by atoms with Gasteiger partial charge >= 0.3 is 6.36 Å². The van der Waals surface area contributed by atoms with Crippen LogP contribution in [0.5, 0.6) is 11.5 Å². The summed E-state index contributed by atoms with van der Waals surface area (Å²) in [5.41, 5.74) is 0.0893. The zero-order valence-corrected chi connectivity index (χ0v) is 19.5. The van der Waals surface area contributed by atoms with Gasteiger partial charge in [-0.3, -0.25) is 9.52 Å². The van der Waals surface area contributed by atoms with E-state index in [-0.39, 0.29) is 28.6 Å². The maximum absolute atomic E-state index is 13.0. The molecular formula is C22H25F3N2O7S. The summed E-state index contributed by atoms with van der Waals surface area (Å²) in [5.74, 6) is -1.80. The third kappa shape index (κ3) is 7.47. The Morgan fingerprint density at radius 1 is 1.14 bits per heavy atom. The van der Waals surface area contributed by atoms with Crippen molar-refractivity contribution in [1.82, 2.24) is 0 Å². The lowest BCUT2D eigenvalue weighted by molar-refractivity contribution is -0.274. The fourth-order valence-electron chi connectivity index (χ4n) is 3.49. The molecular weight excluding hydrogens is 493 g/mol. The Balaban J connectivity index is 1.81. The van der Waals surface area contributed by atoms with Gasteiger partial charge in [-0.05, 0) is 44.0 Å². The number of halogens is 3. The second kappa shape index (κ2) is 11.1. The number of amides is 1. The van der Waals surface area contributed by atoms with Crippen LogP contribution in [-0.4, -0.2) is 51.7 Å². The van der Waals surface area contributed by atoms with Crippen LogP contribution in [0.2, 0.25) is 0 Å². The second-order valence-corrected chi connectivity index (χ2v) is 9.28. The van der Waals surface area contributed by atoms with E-state index in [1.165, 1.54) is 30.3 Å². The molecule has 1 heterocycles. The molecule has 0 bridgehead atoms. The van der Waals surface area contributed by atoms with Crippen molar-refractivity contribution in [2.24, 2.45) is 5.92 Å². The number of aliphatic hydroxyl groups is 1. The Morgan fingerprint density at radius 3 is 2.60 bits per heavy atom. The minimum atomic E-state index is -4.93. The standard InChI is InChI=1S/C22H25F3N2O7S/c1-2-33-19-13-14(26-21(29)17-8-10-32-11-9-18(17)28)6-7-20(19)35(30,31)27-15-4-3-5-16(12-15)34-22(23,24)25/h3-7,12-13,17-18,27-28H,2,8-11H2,1H3,(H,26,29)/t17-,18+/m1/s1. The predicted molar refractivity (Wildman–Crippen MR) is 120 cm³/mol. The van der Waals surface area contributed by atoms with Crippen LogP contribution < -0.4 is 19.5 Å². The van der Waals surface area contributed by atoms with Crippen molar-refractivity contribution in [2.75, 3.05) is 29.9 Å². The van der Waals surface area contributed by atoms with Gasteiger partial charge in [0.1, 0.15) is 16.4 Å². The average Bonchev–Trinajstić information content (AvgIpc) is 2.97. The van der Waals surface area contributed by atoms with Gasteiger partial charge in [0.15, 0.2) is 0 Å². The Kier molecular flexibility index (Phi) is 8.46. The van der Waals surface area contributed by atoms with Crippen LogP contribution in [0.3, 0.4) is 0 Å². The first-order valence-electron chi connectivity index (χ1n) is 10.7. The number of sulfonamides is 1. The number of ether oxygens (including phenoxy) is 3.